The molecule has 3 unspecified atom stereocenters. The molecule has 2 N–H and O–H groups in total. The van der Waals surface area contributed by atoms with Crippen LogP contribution in [0.1, 0.15) is 37.4 Å². The van der Waals surface area contributed by atoms with Gasteiger partial charge in [0, 0.05) is 25.7 Å². The van der Waals surface area contributed by atoms with Gasteiger partial charge in [-0.15, -0.1) is 0 Å². The first-order valence-electron chi connectivity index (χ1n) is 7.73. The number of ether oxygens (including phenoxy) is 1. The van der Waals surface area contributed by atoms with Gasteiger partial charge in [0.15, 0.2) is 0 Å². The molecular weight excluding hydrogens is 248 g/mol. The van der Waals surface area contributed by atoms with Crippen LogP contribution in [0.25, 0.3) is 0 Å². The maximum Gasteiger partial charge on any atom is 0.0503 e. The number of rotatable bonds is 6. The number of hydrogen-bond donors (Lipinski definition) is 1. The first-order valence-corrected chi connectivity index (χ1v) is 7.73. The molecule has 0 aliphatic carbocycles. The number of nitrogens with two attached hydrogens (primary N) is 1. The molecule has 1 fully saturated rings. The second-order valence-corrected chi connectivity index (χ2v) is 5.97. The summed E-state index contributed by atoms with van der Waals surface area (Å²) in [5, 5.41) is 0. The van der Waals surface area contributed by atoms with Crippen molar-refractivity contribution in [3.05, 3.63) is 35.4 Å². The van der Waals surface area contributed by atoms with Crippen LogP contribution < -0.4 is 5.73 Å². The lowest BCUT2D eigenvalue weighted by Gasteiger charge is -2.30. The van der Waals surface area contributed by atoms with E-state index in [4.69, 9.17) is 10.5 Å². The van der Waals surface area contributed by atoms with Crippen LogP contribution in [0.4, 0.5) is 0 Å². The molecule has 0 radical (unpaired) electrons. The Kier molecular flexibility index (Phi) is 5.58. The van der Waals surface area contributed by atoms with Crippen LogP contribution in [-0.2, 0) is 11.2 Å². The Morgan fingerprint density at radius 2 is 2.05 bits per heavy atom. The first kappa shape index (κ1) is 15.5. The lowest BCUT2D eigenvalue weighted by molar-refractivity contribution is 0.145. The second-order valence-electron chi connectivity index (χ2n) is 5.97. The lowest BCUT2D eigenvalue weighted by atomic mass is 9.98. The highest BCUT2D eigenvalue weighted by molar-refractivity contribution is 5.25. The monoisotopic (exact) mass is 276 g/mol. The minimum Gasteiger partial charge on any atom is -0.384 e. The van der Waals surface area contributed by atoms with Gasteiger partial charge < -0.3 is 10.5 Å². The molecule has 3 heteroatoms. The fourth-order valence-electron chi connectivity index (χ4n) is 3.09. The van der Waals surface area contributed by atoms with Crippen molar-refractivity contribution >= 4 is 0 Å². The smallest absolute Gasteiger partial charge is 0.0503 e. The zero-order chi connectivity index (χ0) is 14.5. The third kappa shape index (κ3) is 3.60. The third-order valence-electron chi connectivity index (χ3n) is 4.59. The molecule has 0 bridgehead atoms. The van der Waals surface area contributed by atoms with Crippen molar-refractivity contribution in [1.29, 1.82) is 0 Å². The van der Waals surface area contributed by atoms with Crippen LogP contribution in [0.2, 0.25) is 0 Å². The molecule has 1 aromatic rings. The first-order chi connectivity index (χ1) is 9.65. The predicted molar refractivity (Wildman–Crippen MR) is 83.8 cm³/mol. The van der Waals surface area contributed by atoms with Gasteiger partial charge in [-0.25, -0.2) is 0 Å². The molecule has 3 nitrogen and oxygen atoms in total. The Bertz CT molecular complexity index is 404. The summed E-state index contributed by atoms with van der Waals surface area (Å²) < 4.78 is 5.27. The summed E-state index contributed by atoms with van der Waals surface area (Å²) in [5.41, 5.74) is 9.07. The summed E-state index contributed by atoms with van der Waals surface area (Å²) in [6.07, 6.45) is 2.30. The summed E-state index contributed by atoms with van der Waals surface area (Å²) in [6.45, 7) is 7.53. The molecule has 1 aromatic carbocycles. The van der Waals surface area contributed by atoms with Crippen molar-refractivity contribution in [2.24, 2.45) is 11.7 Å². The summed E-state index contributed by atoms with van der Waals surface area (Å²) >= 11 is 0. The van der Waals surface area contributed by atoms with Crippen molar-refractivity contribution in [2.45, 2.75) is 38.8 Å². The molecule has 0 aromatic heterocycles. The molecule has 1 saturated heterocycles. The van der Waals surface area contributed by atoms with Gasteiger partial charge in [-0.1, -0.05) is 31.2 Å². The quantitative estimate of drug-likeness (QED) is 0.868. The molecule has 2 rings (SSSR count). The maximum absolute atomic E-state index is 6.46. The number of aryl methyl sites for hydroxylation is 1. The molecule has 1 aliphatic rings. The van der Waals surface area contributed by atoms with Crippen molar-refractivity contribution in [3.8, 4) is 0 Å². The van der Waals surface area contributed by atoms with Gasteiger partial charge in [0.05, 0.1) is 6.61 Å². The van der Waals surface area contributed by atoms with E-state index in [2.05, 4.69) is 43.0 Å². The molecule has 20 heavy (non-hydrogen) atoms. The highest BCUT2D eigenvalue weighted by Crippen LogP contribution is 2.25. The normalized spacial score (nSPS) is 22.9. The van der Waals surface area contributed by atoms with E-state index >= 15 is 0 Å². The molecule has 1 aliphatic heterocycles. The van der Waals surface area contributed by atoms with Gasteiger partial charge in [-0.05, 0) is 43.4 Å². The highest BCUT2D eigenvalue weighted by atomic mass is 16.5. The average Bonchev–Trinajstić information content (AvgIpc) is 2.95. The number of likely N-dealkylation sites (tertiary alicyclic amines) is 1. The topological polar surface area (TPSA) is 38.5 Å². The van der Waals surface area contributed by atoms with Crippen LogP contribution >= 0.6 is 0 Å². The van der Waals surface area contributed by atoms with Crippen LogP contribution in [0.3, 0.4) is 0 Å². The van der Waals surface area contributed by atoms with Gasteiger partial charge in [0.25, 0.3) is 0 Å². The van der Waals surface area contributed by atoms with Crippen LogP contribution in [0.15, 0.2) is 24.3 Å². The molecule has 112 valence electrons. The van der Waals surface area contributed by atoms with E-state index in [0.717, 1.165) is 26.1 Å². The average molecular weight is 276 g/mol. The van der Waals surface area contributed by atoms with Gasteiger partial charge in [-0.2, -0.15) is 0 Å². The summed E-state index contributed by atoms with van der Waals surface area (Å²) in [7, 11) is 1.78. The Morgan fingerprint density at radius 3 is 2.65 bits per heavy atom. The zero-order valence-corrected chi connectivity index (χ0v) is 13.0. The number of hydrogen-bond acceptors (Lipinski definition) is 3. The van der Waals surface area contributed by atoms with Gasteiger partial charge in [0.2, 0.25) is 0 Å². The number of methoxy groups -OCH3 is 1. The van der Waals surface area contributed by atoms with E-state index in [1.807, 2.05) is 0 Å². The Morgan fingerprint density at radius 1 is 1.35 bits per heavy atom. The van der Waals surface area contributed by atoms with E-state index in [-0.39, 0.29) is 6.04 Å². The van der Waals surface area contributed by atoms with E-state index in [0.29, 0.717) is 12.0 Å². The summed E-state index contributed by atoms with van der Waals surface area (Å²) in [6, 6.07) is 9.22. The predicted octanol–water partition coefficient (Wildman–Crippen LogP) is 2.61. The van der Waals surface area contributed by atoms with E-state index in [1.165, 1.54) is 17.5 Å². The zero-order valence-electron chi connectivity index (χ0n) is 13.0. The summed E-state index contributed by atoms with van der Waals surface area (Å²) in [5.74, 6) is 0.664. The number of nitrogens with zero attached hydrogens (tertiary/aromatic N) is 1. The third-order valence-corrected chi connectivity index (χ3v) is 4.59. The fraction of sp³-hybridized carbons (Fsp3) is 0.647. The minimum atomic E-state index is 0.0854. The van der Waals surface area contributed by atoms with Crippen molar-refractivity contribution in [1.82, 2.24) is 4.90 Å². The molecule has 0 amide bonds. The fourth-order valence-corrected chi connectivity index (χ4v) is 3.09. The van der Waals surface area contributed by atoms with Crippen molar-refractivity contribution in [3.63, 3.8) is 0 Å². The van der Waals surface area contributed by atoms with E-state index in [1.54, 1.807) is 7.11 Å². The molecule has 1 heterocycles. The van der Waals surface area contributed by atoms with Crippen molar-refractivity contribution < 1.29 is 4.74 Å². The van der Waals surface area contributed by atoms with E-state index < -0.39 is 0 Å². The van der Waals surface area contributed by atoms with Crippen LogP contribution in [-0.4, -0.2) is 37.7 Å². The number of benzene rings is 1. The molecule has 3 atom stereocenters. The Balaban J connectivity index is 1.95. The SMILES string of the molecule is CCc1ccc(C(N)C(C)N2CCC(COC)C2)cc1. The Labute approximate surface area is 123 Å². The maximum atomic E-state index is 6.46. The lowest BCUT2D eigenvalue weighted by Crippen LogP contribution is -2.39. The van der Waals surface area contributed by atoms with Crippen molar-refractivity contribution in [2.75, 3.05) is 26.8 Å². The van der Waals surface area contributed by atoms with Crippen LogP contribution in [0, 0.1) is 5.92 Å². The summed E-state index contributed by atoms with van der Waals surface area (Å²) in [4.78, 5) is 2.50. The largest absolute Gasteiger partial charge is 0.384 e. The standard InChI is InChI=1S/C17H28N2O/c1-4-14-5-7-16(8-6-14)17(18)13(2)19-10-9-15(11-19)12-20-3/h5-8,13,15,17H,4,9-12,18H2,1-3H3. The van der Waals surface area contributed by atoms with Gasteiger partial charge >= 0.3 is 0 Å². The van der Waals surface area contributed by atoms with Gasteiger partial charge in [-0.3, -0.25) is 4.90 Å². The van der Waals surface area contributed by atoms with Gasteiger partial charge in [0.1, 0.15) is 0 Å². The van der Waals surface area contributed by atoms with E-state index in [9.17, 15) is 0 Å². The second kappa shape index (κ2) is 7.21. The minimum absolute atomic E-state index is 0.0854. The molecular formula is C17H28N2O. The Hall–Kier alpha value is -0.900. The highest BCUT2D eigenvalue weighted by Gasteiger charge is 2.29. The molecule has 0 spiro atoms. The molecule has 0 saturated carbocycles. The van der Waals surface area contributed by atoms with Crippen LogP contribution in [0.5, 0.6) is 0 Å².